The van der Waals surface area contributed by atoms with Gasteiger partial charge >= 0.3 is 0 Å². The summed E-state index contributed by atoms with van der Waals surface area (Å²) in [6, 6.07) is 3.64. The highest BCUT2D eigenvalue weighted by Crippen LogP contribution is 2.35. The van der Waals surface area contributed by atoms with Crippen LogP contribution in [0.1, 0.15) is 5.56 Å². The third-order valence-electron chi connectivity index (χ3n) is 2.18. The van der Waals surface area contributed by atoms with Gasteiger partial charge in [-0.2, -0.15) is 0 Å². The van der Waals surface area contributed by atoms with Crippen molar-refractivity contribution in [3.8, 4) is 11.5 Å². The number of aromatic hydroxyl groups is 1. The highest BCUT2D eigenvalue weighted by Gasteiger charge is 2.08. The Labute approximate surface area is 111 Å². The molecule has 2 N–H and O–H groups in total. The number of hydrogen-bond acceptors (Lipinski definition) is 5. The lowest BCUT2D eigenvalue weighted by Gasteiger charge is -2.09. The van der Waals surface area contributed by atoms with Crippen molar-refractivity contribution in [1.82, 2.24) is 4.98 Å². The van der Waals surface area contributed by atoms with Crippen LogP contribution in [0.15, 0.2) is 28.2 Å². The summed E-state index contributed by atoms with van der Waals surface area (Å²) in [6.07, 6.45) is 1.75. The largest absolute Gasteiger partial charge is 0.503 e. The number of nitrogens with zero attached hydrogens (tertiary/aromatic N) is 1. The van der Waals surface area contributed by atoms with Gasteiger partial charge in [-0.3, -0.25) is 0 Å². The van der Waals surface area contributed by atoms with Gasteiger partial charge in [-0.1, -0.05) is 0 Å². The number of hydrogen-bond donors (Lipinski definition) is 2. The molecule has 0 saturated heterocycles. The van der Waals surface area contributed by atoms with Gasteiger partial charge in [-0.25, -0.2) is 4.98 Å². The quantitative estimate of drug-likeness (QED) is 0.909. The number of nitrogens with one attached hydrogen (secondary N) is 1. The van der Waals surface area contributed by atoms with E-state index in [0.29, 0.717) is 16.8 Å². The minimum atomic E-state index is 0.116. The van der Waals surface area contributed by atoms with Gasteiger partial charge in [0.1, 0.15) is 0 Å². The highest BCUT2D eigenvalue weighted by atomic mass is 79.9. The zero-order valence-corrected chi connectivity index (χ0v) is 11.5. The number of anilines is 1. The summed E-state index contributed by atoms with van der Waals surface area (Å²) in [5.41, 5.74) is 1.00. The van der Waals surface area contributed by atoms with E-state index in [4.69, 9.17) is 4.74 Å². The fourth-order valence-electron chi connectivity index (χ4n) is 1.37. The third kappa shape index (κ3) is 2.89. The fourth-order valence-corrected chi connectivity index (χ4v) is 2.39. The van der Waals surface area contributed by atoms with Gasteiger partial charge in [-0.15, -0.1) is 11.3 Å². The summed E-state index contributed by atoms with van der Waals surface area (Å²) >= 11 is 4.83. The van der Waals surface area contributed by atoms with E-state index in [2.05, 4.69) is 26.2 Å². The van der Waals surface area contributed by atoms with E-state index in [9.17, 15) is 5.11 Å². The number of ether oxygens (including phenoxy) is 1. The van der Waals surface area contributed by atoms with Gasteiger partial charge < -0.3 is 15.2 Å². The first-order valence-electron chi connectivity index (χ1n) is 4.89. The smallest absolute Gasteiger partial charge is 0.182 e. The van der Waals surface area contributed by atoms with E-state index >= 15 is 0 Å². The van der Waals surface area contributed by atoms with Gasteiger partial charge in [-0.05, 0) is 33.6 Å². The number of halogens is 1. The number of thiazole rings is 1. The van der Waals surface area contributed by atoms with Crippen LogP contribution >= 0.6 is 27.3 Å². The first-order valence-corrected chi connectivity index (χ1v) is 6.56. The van der Waals surface area contributed by atoms with Gasteiger partial charge in [0, 0.05) is 18.1 Å². The maximum atomic E-state index is 9.67. The van der Waals surface area contributed by atoms with Gasteiger partial charge in [0.2, 0.25) is 0 Å². The number of methoxy groups -OCH3 is 1. The van der Waals surface area contributed by atoms with Gasteiger partial charge in [0.25, 0.3) is 0 Å². The van der Waals surface area contributed by atoms with Crippen molar-refractivity contribution < 1.29 is 9.84 Å². The molecule has 0 bridgehead atoms. The number of rotatable bonds is 4. The summed E-state index contributed by atoms with van der Waals surface area (Å²) in [5.74, 6) is 0.570. The minimum absolute atomic E-state index is 0.116. The number of aromatic nitrogens is 1. The average Bonchev–Trinajstić information content (AvgIpc) is 2.83. The molecule has 1 aromatic heterocycles. The number of benzene rings is 1. The lowest BCUT2D eigenvalue weighted by atomic mass is 10.2. The van der Waals surface area contributed by atoms with Crippen LogP contribution in [0.5, 0.6) is 11.5 Å². The Kier molecular flexibility index (Phi) is 3.86. The molecular weight excluding hydrogens is 304 g/mol. The van der Waals surface area contributed by atoms with Crippen molar-refractivity contribution in [2.45, 2.75) is 6.54 Å². The molecule has 0 amide bonds. The van der Waals surface area contributed by atoms with E-state index in [1.807, 2.05) is 11.4 Å². The van der Waals surface area contributed by atoms with Crippen molar-refractivity contribution in [2.24, 2.45) is 0 Å². The van der Waals surface area contributed by atoms with Crippen LogP contribution in [0.2, 0.25) is 0 Å². The molecule has 2 aromatic rings. The summed E-state index contributed by atoms with van der Waals surface area (Å²) < 4.78 is 5.70. The normalized spacial score (nSPS) is 10.2. The van der Waals surface area contributed by atoms with Crippen LogP contribution in [-0.4, -0.2) is 17.2 Å². The Balaban J connectivity index is 2.13. The van der Waals surface area contributed by atoms with Crippen molar-refractivity contribution in [3.63, 3.8) is 0 Å². The van der Waals surface area contributed by atoms with E-state index < -0.39 is 0 Å². The SMILES string of the molecule is COc1cc(CNc2nccs2)cc(Br)c1O. The van der Waals surface area contributed by atoms with Gasteiger partial charge in [0.05, 0.1) is 11.6 Å². The summed E-state index contributed by atoms with van der Waals surface area (Å²) in [4.78, 5) is 4.13. The van der Waals surface area contributed by atoms with Crippen LogP contribution in [0.25, 0.3) is 0 Å². The van der Waals surface area contributed by atoms with E-state index in [1.54, 1.807) is 23.6 Å². The first kappa shape index (κ1) is 12.2. The minimum Gasteiger partial charge on any atom is -0.503 e. The maximum Gasteiger partial charge on any atom is 0.182 e. The van der Waals surface area contributed by atoms with Crippen LogP contribution in [0.4, 0.5) is 5.13 Å². The Morgan fingerprint density at radius 3 is 3.00 bits per heavy atom. The second kappa shape index (κ2) is 5.37. The monoisotopic (exact) mass is 314 g/mol. The number of phenolic OH excluding ortho intramolecular Hbond substituents is 1. The molecule has 2 rings (SSSR count). The third-order valence-corrected chi connectivity index (χ3v) is 3.52. The lowest BCUT2D eigenvalue weighted by molar-refractivity contribution is 0.371. The fraction of sp³-hybridized carbons (Fsp3) is 0.182. The molecule has 0 aliphatic rings. The molecule has 4 nitrogen and oxygen atoms in total. The van der Waals surface area contributed by atoms with E-state index in [-0.39, 0.29) is 5.75 Å². The summed E-state index contributed by atoms with van der Waals surface area (Å²) in [5, 5.41) is 15.6. The molecule has 0 unspecified atom stereocenters. The summed E-state index contributed by atoms with van der Waals surface area (Å²) in [6.45, 7) is 0.628. The second-order valence-electron chi connectivity index (χ2n) is 3.32. The predicted molar refractivity (Wildman–Crippen MR) is 71.8 cm³/mol. The lowest BCUT2D eigenvalue weighted by Crippen LogP contribution is -1.99. The molecule has 0 saturated carbocycles. The summed E-state index contributed by atoms with van der Waals surface area (Å²) in [7, 11) is 1.53. The predicted octanol–water partition coefficient (Wildman–Crippen LogP) is 3.23. The Morgan fingerprint density at radius 1 is 1.53 bits per heavy atom. The maximum absolute atomic E-state index is 9.67. The van der Waals surface area contributed by atoms with Crippen LogP contribution < -0.4 is 10.1 Å². The average molecular weight is 315 g/mol. The van der Waals surface area contributed by atoms with Crippen LogP contribution in [0, 0.1) is 0 Å². The van der Waals surface area contributed by atoms with Crippen LogP contribution in [-0.2, 0) is 6.54 Å². The van der Waals surface area contributed by atoms with Crippen molar-refractivity contribution in [2.75, 3.05) is 12.4 Å². The van der Waals surface area contributed by atoms with Crippen molar-refractivity contribution in [3.05, 3.63) is 33.7 Å². The first-order chi connectivity index (χ1) is 8.20. The molecule has 90 valence electrons. The zero-order chi connectivity index (χ0) is 12.3. The number of phenols is 1. The molecular formula is C11H11BrN2O2S. The molecule has 17 heavy (non-hydrogen) atoms. The Morgan fingerprint density at radius 2 is 2.35 bits per heavy atom. The topological polar surface area (TPSA) is 54.4 Å². The molecule has 1 heterocycles. The van der Waals surface area contributed by atoms with E-state index in [0.717, 1.165) is 10.7 Å². The Bertz CT molecular complexity index is 502. The van der Waals surface area contributed by atoms with Gasteiger partial charge in [0.15, 0.2) is 16.6 Å². The standard InChI is InChI=1S/C11H11BrN2O2S/c1-16-9-5-7(4-8(12)10(9)15)6-14-11-13-2-3-17-11/h2-5,15H,6H2,1H3,(H,13,14). The second-order valence-corrected chi connectivity index (χ2v) is 5.07. The Hall–Kier alpha value is -1.27. The van der Waals surface area contributed by atoms with Crippen LogP contribution in [0.3, 0.4) is 0 Å². The molecule has 1 aromatic carbocycles. The van der Waals surface area contributed by atoms with Crippen molar-refractivity contribution >= 4 is 32.4 Å². The zero-order valence-electron chi connectivity index (χ0n) is 9.11. The molecule has 0 fully saturated rings. The molecule has 6 heteroatoms. The molecule has 0 aliphatic carbocycles. The highest BCUT2D eigenvalue weighted by molar-refractivity contribution is 9.10. The molecule has 0 atom stereocenters. The van der Waals surface area contributed by atoms with E-state index in [1.165, 1.54) is 7.11 Å². The molecule has 0 radical (unpaired) electrons. The van der Waals surface area contributed by atoms with Crippen molar-refractivity contribution in [1.29, 1.82) is 0 Å². The molecule has 0 aliphatic heterocycles. The molecule has 0 spiro atoms.